The summed E-state index contributed by atoms with van der Waals surface area (Å²) in [6.07, 6.45) is 1.62. The number of nitrogens with zero attached hydrogens (tertiary/aromatic N) is 1. The van der Waals surface area contributed by atoms with Crippen LogP contribution in [0, 0.1) is 0 Å². The van der Waals surface area contributed by atoms with E-state index in [0.717, 1.165) is 10.9 Å². The standard InChI is InChI=1S/C11H8ClNO2.2C2H6/c1-13-6-8(10(14)11(12)15)7-4-2-3-5-9(7)13;2*1-2/h2-6H,1H3;2*1-2H3. The van der Waals surface area contributed by atoms with Crippen molar-refractivity contribution in [2.45, 2.75) is 27.7 Å². The van der Waals surface area contributed by atoms with E-state index in [1.54, 1.807) is 16.8 Å². The highest BCUT2D eigenvalue weighted by Gasteiger charge is 2.18. The molecule has 0 fully saturated rings. The number of aromatic nitrogens is 1. The molecule has 0 saturated carbocycles. The van der Waals surface area contributed by atoms with Gasteiger partial charge in [-0.3, -0.25) is 9.59 Å². The van der Waals surface area contributed by atoms with Crippen LogP contribution in [0.5, 0.6) is 0 Å². The highest BCUT2D eigenvalue weighted by atomic mass is 35.5. The summed E-state index contributed by atoms with van der Waals surface area (Å²) in [6, 6.07) is 7.37. The smallest absolute Gasteiger partial charge is 0.293 e. The fourth-order valence-corrected chi connectivity index (χ4v) is 1.73. The van der Waals surface area contributed by atoms with Gasteiger partial charge in [-0.25, -0.2) is 0 Å². The molecule has 1 aromatic heterocycles. The van der Waals surface area contributed by atoms with Gasteiger partial charge in [0.15, 0.2) is 0 Å². The molecule has 3 nitrogen and oxygen atoms in total. The number of aryl methyl sites for hydroxylation is 1. The van der Waals surface area contributed by atoms with Crippen molar-refractivity contribution in [3.63, 3.8) is 0 Å². The van der Waals surface area contributed by atoms with Crippen LogP contribution in [0.2, 0.25) is 0 Å². The highest BCUT2D eigenvalue weighted by Crippen LogP contribution is 2.21. The molecule has 104 valence electrons. The number of rotatable bonds is 2. The molecule has 0 aliphatic carbocycles. The average molecular weight is 282 g/mol. The number of carbonyl (C=O) groups excluding carboxylic acids is 2. The Kier molecular flexibility index (Phi) is 7.77. The second-order valence-corrected chi connectivity index (χ2v) is 3.62. The Morgan fingerprint density at radius 3 is 2.11 bits per heavy atom. The molecule has 0 radical (unpaired) electrons. The first-order valence-electron chi connectivity index (χ1n) is 6.39. The predicted octanol–water partition coefficient (Wildman–Crippen LogP) is 4.18. The first kappa shape index (κ1) is 17.4. The predicted molar refractivity (Wildman–Crippen MR) is 80.8 cm³/mol. The van der Waals surface area contributed by atoms with Gasteiger partial charge in [0.1, 0.15) is 0 Å². The molecule has 4 heteroatoms. The molecule has 2 rings (SSSR count). The minimum Gasteiger partial charge on any atom is -0.350 e. The van der Waals surface area contributed by atoms with Crippen molar-refractivity contribution < 1.29 is 9.59 Å². The number of hydrogen-bond acceptors (Lipinski definition) is 2. The molecule has 0 aliphatic heterocycles. The summed E-state index contributed by atoms with van der Waals surface area (Å²) in [6.45, 7) is 8.00. The number of fused-ring (bicyclic) bond motifs is 1. The molecule has 1 aromatic carbocycles. The van der Waals surface area contributed by atoms with Crippen molar-refractivity contribution in [3.8, 4) is 0 Å². The van der Waals surface area contributed by atoms with Crippen molar-refractivity contribution >= 4 is 33.5 Å². The Morgan fingerprint density at radius 2 is 1.58 bits per heavy atom. The second-order valence-electron chi connectivity index (χ2n) is 3.27. The SMILES string of the molecule is CC.CC.Cn1cc(C(=O)C(=O)Cl)c2ccccc21. The second kappa shape index (κ2) is 8.48. The van der Waals surface area contributed by atoms with Gasteiger partial charge >= 0.3 is 0 Å². The van der Waals surface area contributed by atoms with Gasteiger partial charge in [-0.1, -0.05) is 45.9 Å². The maximum atomic E-state index is 11.5. The van der Waals surface area contributed by atoms with E-state index in [0.29, 0.717) is 5.56 Å². The molecule has 0 spiro atoms. The van der Waals surface area contributed by atoms with Crippen LogP contribution in [0.4, 0.5) is 0 Å². The van der Waals surface area contributed by atoms with Crippen LogP contribution in [-0.4, -0.2) is 15.6 Å². The Labute approximate surface area is 119 Å². The van der Waals surface area contributed by atoms with Crippen LogP contribution >= 0.6 is 11.6 Å². The molecule has 0 unspecified atom stereocenters. The van der Waals surface area contributed by atoms with Crippen LogP contribution in [0.25, 0.3) is 10.9 Å². The van der Waals surface area contributed by atoms with Crippen LogP contribution in [0.3, 0.4) is 0 Å². The Bertz CT molecular complexity index is 558. The van der Waals surface area contributed by atoms with Gasteiger partial charge in [0.2, 0.25) is 5.78 Å². The minimum atomic E-state index is -0.952. The third-order valence-corrected chi connectivity index (χ3v) is 2.49. The number of Topliss-reactive ketones (excluding diaryl/α,β-unsaturated/α-hetero) is 1. The molecule has 0 atom stereocenters. The van der Waals surface area contributed by atoms with Gasteiger partial charge in [0.25, 0.3) is 5.24 Å². The summed E-state index contributed by atoms with van der Waals surface area (Å²) in [4.78, 5) is 22.3. The quantitative estimate of drug-likeness (QED) is 0.471. The summed E-state index contributed by atoms with van der Waals surface area (Å²) in [5.74, 6) is -0.659. The lowest BCUT2D eigenvalue weighted by Crippen LogP contribution is -2.06. The number of benzene rings is 1. The molecular formula is C15H20ClNO2. The normalized spacial score (nSPS) is 8.95. The maximum absolute atomic E-state index is 11.5. The van der Waals surface area contributed by atoms with E-state index < -0.39 is 11.0 Å². The maximum Gasteiger partial charge on any atom is 0.293 e. The zero-order valence-electron chi connectivity index (χ0n) is 12.0. The van der Waals surface area contributed by atoms with Gasteiger partial charge in [-0.2, -0.15) is 0 Å². The topological polar surface area (TPSA) is 39.1 Å². The minimum absolute atomic E-state index is 0.355. The molecule has 2 aromatic rings. The summed E-state index contributed by atoms with van der Waals surface area (Å²) in [5.41, 5.74) is 1.26. The van der Waals surface area contributed by atoms with E-state index in [9.17, 15) is 9.59 Å². The summed E-state index contributed by atoms with van der Waals surface area (Å²) >= 11 is 5.17. The third kappa shape index (κ3) is 3.93. The molecule has 19 heavy (non-hydrogen) atoms. The zero-order chi connectivity index (χ0) is 15.0. The Morgan fingerprint density at radius 1 is 1.05 bits per heavy atom. The number of halogens is 1. The number of carbonyl (C=O) groups is 2. The fraction of sp³-hybridized carbons (Fsp3) is 0.333. The first-order chi connectivity index (χ1) is 9.11. The monoisotopic (exact) mass is 281 g/mol. The van der Waals surface area contributed by atoms with Crippen molar-refractivity contribution in [2.24, 2.45) is 7.05 Å². The van der Waals surface area contributed by atoms with E-state index in [1.165, 1.54) is 0 Å². The van der Waals surface area contributed by atoms with Gasteiger partial charge < -0.3 is 4.57 Å². The Balaban J connectivity index is 0.000000741. The van der Waals surface area contributed by atoms with Gasteiger partial charge in [-0.15, -0.1) is 0 Å². The molecule has 1 heterocycles. The number of para-hydroxylation sites is 1. The molecule has 0 N–H and O–H groups in total. The van der Waals surface area contributed by atoms with E-state index in [4.69, 9.17) is 11.6 Å². The lowest BCUT2D eigenvalue weighted by Gasteiger charge is -1.93. The van der Waals surface area contributed by atoms with E-state index in [2.05, 4.69) is 0 Å². The van der Waals surface area contributed by atoms with Crippen LogP contribution in [-0.2, 0) is 11.8 Å². The summed E-state index contributed by atoms with van der Waals surface area (Å²) in [5, 5.41) is -0.203. The average Bonchev–Trinajstić information content (AvgIpc) is 2.80. The van der Waals surface area contributed by atoms with E-state index in [1.807, 2.05) is 52.9 Å². The van der Waals surface area contributed by atoms with Crippen molar-refractivity contribution in [3.05, 3.63) is 36.0 Å². The molecular weight excluding hydrogens is 262 g/mol. The lowest BCUT2D eigenvalue weighted by molar-refractivity contribution is -0.108. The fourth-order valence-electron chi connectivity index (χ4n) is 1.63. The third-order valence-electron chi connectivity index (χ3n) is 2.32. The summed E-state index contributed by atoms with van der Waals surface area (Å²) < 4.78 is 1.79. The summed E-state index contributed by atoms with van der Waals surface area (Å²) in [7, 11) is 1.82. The molecule has 0 amide bonds. The molecule has 0 saturated heterocycles. The van der Waals surface area contributed by atoms with E-state index >= 15 is 0 Å². The van der Waals surface area contributed by atoms with Crippen LogP contribution < -0.4 is 0 Å². The first-order valence-corrected chi connectivity index (χ1v) is 6.77. The largest absolute Gasteiger partial charge is 0.350 e. The van der Waals surface area contributed by atoms with Crippen molar-refractivity contribution in [1.82, 2.24) is 4.57 Å². The van der Waals surface area contributed by atoms with Gasteiger partial charge in [0.05, 0.1) is 5.56 Å². The number of hydrogen-bond donors (Lipinski definition) is 0. The van der Waals surface area contributed by atoms with Crippen molar-refractivity contribution in [1.29, 1.82) is 0 Å². The van der Waals surface area contributed by atoms with E-state index in [-0.39, 0.29) is 0 Å². The van der Waals surface area contributed by atoms with Crippen molar-refractivity contribution in [2.75, 3.05) is 0 Å². The molecule has 0 aliphatic rings. The Hall–Kier alpha value is -1.61. The highest BCUT2D eigenvalue weighted by molar-refractivity contribution is 6.83. The zero-order valence-corrected chi connectivity index (χ0v) is 12.8. The lowest BCUT2D eigenvalue weighted by atomic mass is 10.1. The molecule has 0 bridgehead atoms. The van der Waals surface area contributed by atoms with Gasteiger partial charge in [0, 0.05) is 24.1 Å². The van der Waals surface area contributed by atoms with Crippen LogP contribution in [0.1, 0.15) is 38.1 Å². The number of ketones is 1. The van der Waals surface area contributed by atoms with Crippen LogP contribution in [0.15, 0.2) is 30.5 Å². The van der Waals surface area contributed by atoms with Gasteiger partial charge in [-0.05, 0) is 17.7 Å².